The highest BCUT2D eigenvalue weighted by Crippen LogP contribution is 2.42. The summed E-state index contributed by atoms with van der Waals surface area (Å²) in [5.74, 6) is 3.45. The molecule has 0 N–H and O–H groups in total. The van der Waals surface area contributed by atoms with Gasteiger partial charge in [-0.1, -0.05) is 73.2 Å². The SMILES string of the molecule is CC(C)[Si](c1ccc(C#C[Si](C)(C)C)s1)(C(C)C)C(C)C. The fraction of sp³-hybridized carbons (Fsp3) is 0.667. The van der Waals surface area contributed by atoms with Crippen LogP contribution in [0, 0.1) is 11.5 Å². The molecule has 1 heterocycles. The normalized spacial score (nSPS) is 13.0. The van der Waals surface area contributed by atoms with E-state index in [1.807, 2.05) is 11.3 Å². The maximum absolute atomic E-state index is 3.51. The first-order valence-electron chi connectivity index (χ1n) is 8.15. The van der Waals surface area contributed by atoms with Gasteiger partial charge in [0.2, 0.25) is 0 Å². The molecular weight excluding hydrogens is 304 g/mol. The van der Waals surface area contributed by atoms with Crippen LogP contribution in [0.3, 0.4) is 0 Å². The molecule has 21 heavy (non-hydrogen) atoms. The van der Waals surface area contributed by atoms with Gasteiger partial charge in [-0.05, 0) is 27.2 Å². The lowest BCUT2D eigenvalue weighted by molar-refractivity contribution is 0.837. The summed E-state index contributed by atoms with van der Waals surface area (Å²) in [6, 6.07) is 4.66. The molecule has 118 valence electrons. The minimum Gasteiger partial charge on any atom is -0.136 e. The van der Waals surface area contributed by atoms with Crippen LogP contribution in [0.1, 0.15) is 46.4 Å². The molecule has 0 aliphatic carbocycles. The van der Waals surface area contributed by atoms with Crippen molar-refractivity contribution in [2.45, 2.75) is 77.8 Å². The lowest BCUT2D eigenvalue weighted by atomic mass is 10.5. The van der Waals surface area contributed by atoms with Crippen molar-refractivity contribution >= 4 is 32.0 Å². The first-order chi connectivity index (χ1) is 9.51. The Morgan fingerprint density at radius 3 is 1.71 bits per heavy atom. The third-order valence-electron chi connectivity index (χ3n) is 4.46. The highest BCUT2D eigenvalue weighted by molar-refractivity contribution is 7.28. The highest BCUT2D eigenvalue weighted by Gasteiger charge is 2.45. The van der Waals surface area contributed by atoms with Gasteiger partial charge in [0.15, 0.2) is 0 Å². The molecule has 3 heteroatoms. The lowest BCUT2D eigenvalue weighted by Crippen LogP contribution is -2.54. The predicted molar refractivity (Wildman–Crippen MR) is 105 cm³/mol. The second-order valence-corrected chi connectivity index (χ2v) is 20.1. The molecule has 0 aliphatic heterocycles. The summed E-state index contributed by atoms with van der Waals surface area (Å²) in [4.78, 5) is 1.27. The van der Waals surface area contributed by atoms with Crippen molar-refractivity contribution < 1.29 is 0 Å². The zero-order valence-corrected chi connectivity index (χ0v) is 18.1. The molecule has 0 aliphatic rings. The molecule has 0 unspecified atom stereocenters. The van der Waals surface area contributed by atoms with E-state index in [4.69, 9.17) is 0 Å². The molecule has 0 spiro atoms. The van der Waals surface area contributed by atoms with E-state index < -0.39 is 16.1 Å². The molecule has 0 amide bonds. The summed E-state index contributed by atoms with van der Waals surface area (Å²) >= 11 is 1.98. The van der Waals surface area contributed by atoms with Crippen LogP contribution in [0.5, 0.6) is 0 Å². The van der Waals surface area contributed by atoms with Gasteiger partial charge in [-0.3, -0.25) is 0 Å². The molecule has 0 aromatic carbocycles. The molecule has 0 radical (unpaired) electrons. The van der Waals surface area contributed by atoms with Crippen molar-refractivity contribution in [3.05, 3.63) is 17.0 Å². The fourth-order valence-corrected chi connectivity index (χ4v) is 14.2. The average Bonchev–Trinajstić information content (AvgIpc) is 2.73. The van der Waals surface area contributed by atoms with Crippen molar-refractivity contribution in [1.29, 1.82) is 0 Å². The second kappa shape index (κ2) is 6.85. The first-order valence-corrected chi connectivity index (χ1v) is 14.7. The Kier molecular flexibility index (Phi) is 6.11. The van der Waals surface area contributed by atoms with E-state index in [1.54, 1.807) is 4.50 Å². The molecule has 0 saturated carbocycles. The van der Waals surface area contributed by atoms with Gasteiger partial charge in [0.1, 0.15) is 16.1 Å². The molecular formula is C18H32SSi2. The quantitative estimate of drug-likeness (QED) is 0.477. The monoisotopic (exact) mass is 336 g/mol. The van der Waals surface area contributed by atoms with Crippen molar-refractivity contribution in [1.82, 2.24) is 0 Å². The molecule has 0 saturated heterocycles. The van der Waals surface area contributed by atoms with E-state index in [9.17, 15) is 0 Å². The summed E-state index contributed by atoms with van der Waals surface area (Å²) in [6.07, 6.45) is 0. The molecule has 0 atom stereocenters. The van der Waals surface area contributed by atoms with Crippen molar-refractivity contribution in [3.63, 3.8) is 0 Å². The van der Waals surface area contributed by atoms with Gasteiger partial charge in [-0.25, -0.2) is 0 Å². The molecule has 1 rings (SSSR count). The summed E-state index contributed by atoms with van der Waals surface area (Å²) in [6.45, 7) is 21.5. The Bertz CT molecular complexity index is 500. The maximum Gasteiger partial charge on any atom is 0.129 e. The van der Waals surface area contributed by atoms with Gasteiger partial charge in [0.05, 0.1) is 4.88 Å². The topological polar surface area (TPSA) is 0 Å². The van der Waals surface area contributed by atoms with Crippen molar-refractivity contribution in [2.24, 2.45) is 0 Å². The van der Waals surface area contributed by atoms with Crippen LogP contribution >= 0.6 is 11.3 Å². The van der Waals surface area contributed by atoms with E-state index in [2.05, 4.69) is 84.8 Å². The van der Waals surface area contributed by atoms with Gasteiger partial charge in [-0.15, -0.1) is 16.9 Å². The zero-order chi connectivity index (χ0) is 16.4. The van der Waals surface area contributed by atoms with Gasteiger partial charge in [-0.2, -0.15) is 0 Å². The molecule has 0 bridgehead atoms. The van der Waals surface area contributed by atoms with Crippen molar-refractivity contribution in [3.8, 4) is 11.5 Å². The lowest BCUT2D eigenvalue weighted by Gasteiger charge is -2.42. The summed E-state index contributed by atoms with van der Waals surface area (Å²) < 4.78 is 1.65. The smallest absolute Gasteiger partial charge is 0.129 e. The Hall–Kier alpha value is -0.306. The van der Waals surface area contributed by atoms with Crippen LogP contribution in [0.25, 0.3) is 0 Å². The van der Waals surface area contributed by atoms with Crippen LogP contribution in [0.2, 0.25) is 36.3 Å². The average molecular weight is 337 g/mol. The van der Waals surface area contributed by atoms with Crippen molar-refractivity contribution in [2.75, 3.05) is 0 Å². The number of hydrogen-bond donors (Lipinski definition) is 0. The standard InChI is InChI=1S/C18H32SSi2/c1-14(2)21(15(3)4,16(5)6)18-11-10-17(19-18)12-13-20(7,8)9/h10-11,14-16H,1-9H3. The zero-order valence-electron chi connectivity index (χ0n) is 15.3. The van der Waals surface area contributed by atoms with Gasteiger partial charge in [0.25, 0.3) is 0 Å². The van der Waals surface area contributed by atoms with Crippen LogP contribution in [-0.2, 0) is 0 Å². The molecule has 1 aromatic heterocycles. The Morgan fingerprint density at radius 1 is 0.857 bits per heavy atom. The maximum atomic E-state index is 3.51. The van der Waals surface area contributed by atoms with E-state index >= 15 is 0 Å². The molecule has 0 fully saturated rings. The number of hydrogen-bond acceptors (Lipinski definition) is 1. The van der Waals surface area contributed by atoms with Crippen LogP contribution in [0.15, 0.2) is 12.1 Å². The van der Waals surface area contributed by atoms with Crippen LogP contribution < -0.4 is 4.50 Å². The minimum atomic E-state index is -1.50. The molecule has 1 aromatic rings. The second-order valence-electron chi connectivity index (χ2n) is 8.06. The Labute approximate surface area is 138 Å². The summed E-state index contributed by atoms with van der Waals surface area (Å²) in [5.41, 5.74) is 5.82. The Morgan fingerprint density at radius 2 is 1.33 bits per heavy atom. The van der Waals surface area contributed by atoms with Crippen LogP contribution in [-0.4, -0.2) is 16.1 Å². The summed E-state index contributed by atoms with van der Waals surface area (Å²) in [7, 11) is -2.78. The number of rotatable bonds is 4. The Balaban J connectivity index is 3.29. The van der Waals surface area contributed by atoms with Gasteiger partial charge in [0, 0.05) is 0 Å². The van der Waals surface area contributed by atoms with Gasteiger partial charge >= 0.3 is 0 Å². The third-order valence-corrected chi connectivity index (χ3v) is 14.3. The van der Waals surface area contributed by atoms with Gasteiger partial charge < -0.3 is 0 Å². The molecule has 0 nitrogen and oxygen atoms in total. The highest BCUT2D eigenvalue weighted by atomic mass is 32.1. The van der Waals surface area contributed by atoms with E-state index in [0.29, 0.717) is 0 Å². The minimum absolute atomic E-state index is 0.772. The largest absolute Gasteiger partial charge is 0.136 e. The van der Waals surface area contributed by atoms with E-state index in [-0.39, 0.29) is 0 Å². The van der Waals surface area contributed by atoms with E-state index in [0.717, 1.165) is 16.6 Å². The predicted octanol–water partition coefficient (Wildman–Crippen LogP) is 5.86. The fourth-order valence-electron chi connectivity index (χ4n) is 3.74. The number of thiophene rings is 1. The summed E-state index contributed by atoms with van der Waals surface area (Å²) in [5, 5.41) is 0. The van der Waals surface area contributed by atoms with E-state index in [1.165, 1.54) is 4.88 Å². The first kappa shape index (κ1) is 18.7. The third kappa shape index (κ3) is 4.12. The van der Waals surface area contributed by atoms with Crippen LogP contribution in [0.4, 0.5) is 0 Å².